The fraction of sp³-hybridized carbons (Fsp3) is 0.632. The number of morpholine rings is 2. The van der Waals surface area contributed by atoms with Crippen molar-refractivity contribution < 1.29 is 9.47 Å². The minimum Gasteiger partial charge on any atom is -0.378 e. The zero-order valence-electron chi connectivity index (χ0n) is 16.6. The molecular formula is C19H28N6O2. The topological polar surface area (TPSA) is 66.9 Å². The van der Waals surface area contributed by atoms with E-state index in [1.165, 1.54) is 0 Å². The summed E-state index contributed by atoms with van der Waals surface area (Å²) in [6.45, 7) is 8.85. The van der Waals surface area contributed by atoms with E-state index < -0.39 is 0 Å². The molecule has 0 spiro atoms. The monoisotopic (exact) mass is 372 g/mol. The van der Waals surface area contributed by atoms with E-state index in [0.717, 1.165) is 68.0 Å². The molecule has 4 rings (SSSR count). The van der Waals surface area contributed by atoms with Crippen molar-refractivity contribution in [2.45, 2.75) is 26.1 Å². The highest BCUT2D eigenvalue weighted by Gasteiger charge is 2.26. The van der Waals surface area contributed by atoms with Gasteiger partial charge in [-0.2, -0.15) is 9.97 Å². The van der Waals surface area contributed by atoms with Crippen LogP contribution in [0.3, 0.4) is 0 Å². The average Bonchev–Trinajstić information content (AvgIpc) is 2.66. The Labute approximate surface area is 160 Å². The molecular weight excluding hydrogens is 344 g/mol. The molecule has 0 saturated carbocycles. The largest absolute Gasteiger partial charge is 0.378 e. The lowest BCUT2D eigenvalue weighted by Gasteiger charge is -2.36. The number of ether oxygens (including phenoxy) is 2. The average molecular weight is 372 g/mol. The van der Waals surface area contributed by atoms with Gasteiger partial charge in [0.05, 0.1) is 30.8 Å². The van der Waals surface area contributed by atoms with Gasteiger partial charge in [-0.3, -0.25) is 0 Å². The summed E-state index contributed by atoms with van der Waals surface area (Å²) in [4.78, 5) is 21.1. The first kappa shape index (κ1) is 18.2. The molecule has 146 valence electrons. The van der Waals surface area contributed by atoms with Crippen LogP contribution in [0.1, 0.15) is 13.8 Å². The molecule has 2 unspecified atom stereocenters. The molecule has 0 amide bonds. The Morgan fingerprint density at radius 2 is 1.67 bits per heavy atom. The number of pyridine rings is 1. The maximum absolute atomic E-state index is 5.88. The molecule has 0 bridgehead atoms. The summed E-state index contributed by atoms with van der Waals surface area (Å²) in [5.74, 6) is 2.57. The third kappa shape index (κ3) is 3.77. The molecule has 2 aromatic heterocycles. The zero-order valence-corrected chi connectivity index (χ0v) is 16.6. The van der Waals surface area contributed by atoms with E-state index in [9.17, 15) is 0 Å². The lowest BCUT2D eigenvalue weighted by atomic mass is 10.2. The second-order valence-corrected chi connectivity index (χ2v) is 7.54. The van der Waals surface area contributed by atoms with Gasteiger partial charge < -0.3 is 24.2 Å². The van der Waals surface area contributed by atoms with Crippen LogP contribution >= 0.6 is 0 Å². The van der Waals surface area contributed by atoms with E-state index in [0.29, 0.717) is 0 Å². The van der Waals surface area contributed by atoms with E-state index >= 15 is 0 Å². The highest BCUT2D eigenvalue weighted by atomic mass is 16.5. The number of anilines is 3. The standard InChI is InChI=1S/C19H28N6O2/c1-13-11-25(12-14(2)27-13)19-21-17-15(5-6-16(20-17)23(3)4)18(22-19)24-7-9-26-10-8-24/h5-6,13-14H,7-12H2,1-4H3. The fourth-order valence-corrected chi connectivity index (χ4v) is 3.72. The Bertz CT molecular complexity index is 798. The lowest BCUT2D eigenvalue weighted by Crippen LogP contribution is -2.46. The van der Waals surface area contributed by atoms with Gasteiger partial charge in [0.25, 0.3) is 0 Å². The van der Waals surface area contributed by atoms with Crippen molar-refractivity contribution in [3.63, 3.8) is 0 Å². The summed E-state index contributed by atoms with van der Waals surface area (Å²) in [5, 5.41) is 0.987. The SMILES string of the molecule is CC1CN(c2nc(N3CCOCC3)c3ccc(N(C)C)nc3n2)CC(C)O1. The van der Waals surface area contributed by atoms with Crippen LogP contribution in [0, 0.1) is 0 Å². The summed E-state index contributed by atoms with van der Waals surface area (Å²) in [6.07, 6.45) is 0.307. The van der Waals surface area contributed by atoms with Crippen LogP contribution in [0.2, 0.25) is 0 Å². The molecule has 0 N–H and O–H groups in total. The molecule has 2 saturated heterocycles. The molecule has 8 nitrogen and oxygen atoms in total. The van der Waals surface area contributed by atoms with Crippen molar-refractivity contribution in [2.24, 2.45) is 0 Å². The Hall–Kier alpha value is -2.19. The van der Waals surface area contributed by atoms with Crippen molar-refractivity contribution in [1.82, 2.24) is 15.0 Å². The number of hydrogen-bond donors (Lipinski definition) is 0. The molecule has 0 aromatic carbocycles. The van der Waals surface area contributed by atoms with Crippen molar-refractivity contribution >= 4 is 28.6 Å². The summed E-state index contributed by atoms with van der Waals surface area (Å²) >= 11 is 0. The fourth-order valence-electron chi connectivity index (χ4n) is 3.72. The van der Waals surface area contributed by atoms with Crippen molar-refractivity contribution in [2.75, 3.05) is 68.2 Å². The quantitative estimate of drug-likeness (QED) is 0.804. The second-order valence-electron chi connectivity index (χ2n) is 7.54. The predicted molar refractivity (Wildman–Crippen MR) is 107 cm³/mol. The number of rotatable bonds is 3. The second kappa shape index (κ2) is 7.44. The molecule has 4 heterocycles. The number of fused-ring (bicyclic) bond motifs is 1. The van der Waals surface area contributed by atoms with Crippen LogP contribution in [0.5, 0.6) is 0 Å². The number of nitrogens with zero attached hydrogens (tertiary/aromatic N) is 6. The van der Waals surface area contributed by atoms with E-state index in [1.54, 1.807) is 0 Å². The van der Waals surface area contributed by atoms with E-state index in [1.807, 2.05) is 25.1 Å². The summed E-state index contributed by atoms with van der Waals surface area (Å²) in [6, 6.07) is 4.10. The van der Waals surface area contributed by atoms with E-state index in [4.69, 9.17) is 24.4 Å². The molecule has 27 heavy (non-hydrogen) atoms. The molecule has 2 aliphatic rings. The Balaban J connectivity index is 1.80. The lowest BCUT2D eigenvalue weighted by molar-refractivity contribution is -0.00570. The first-order chi connectivity index (χ1) is 13.0. The highest BCUT2D eigenvalue weighted by molar-refractivity contribution is 5.89. The van der Waals surface area contributed by atoms with Gasteiger partial charge in [-0.05, 0) is 26.0 Å². The maximum atomic E-state index is 5.88. The third-order valence-electron chi connectivity index (χ3n) is 4.98. The molecule has 2 aliphatic heterocycles. The third-order valence-corrected chi connectivity index (χ3v) is 4.98. The van der Waals surface area contributed by atoms with Crippen molar-refractivity contribution in [1.29, 1.82) is 0 Å². The smallest absolute Gasteiger partial charge is 0.229 e. The number of hydrogen-bond acceptors (Lipinski definition) is 8. The van der Waals surface area contributed by atoms with Gasteiger partial charge in [-0.1, -0.05) is 0 Å². The Morgan fingerprint density at radius 3 is 2.33 bits per heavy atom. The first-order valence-electron chi connectivity index (χ1n) is 9.60. The van der Waals surface area contributed by atoms with Gasteiger partial charge in [-0.25, -0.2) is 4.98 Å². The van der Waals surface area contributed by atoms with E-state index in [-0.39, 0.29) is 12.2 Å². The molecule has 2 fully saturated rings. The molecule has 2 aromatic rings. The highest BCUT2D eigenvalue weighted by Crippen LogP contribution is 2.29. The van der Waals surface area contributed by atoms with Gasteiger partial charge in [0.2, 0.25) is 5.95 Å². The van der Waals surface area contributed by atoms with Crippen LogP contribution in [-0.2, 0) is 9.47 Å². The molecule has 0 radical (unpaired) electrons. The van der Waals surface area contributed by atoms with Crippen molar-refractivity contribution in [3.05, 3.63) is 12.1 Å². The zero-order chi connectivity index (χ0) is 19.0. The summed E-state index contributed by atoms with van der Waals surface area (Å²) in [7, 11) is 3.98. The first-order valence-corrected chi connectivity index (χ1v) is 9.60. The van der Waals surface area contributed by atoms with Gasteiger partial charge in [0.15, 0.2) is 5.65 Å². The predicted octanol–water partition coefficient (Wildman–Crippen LogP) is 1.54. The molecule has 2 atom stereocenters. The van der Waals surface area contributed by atoms with Gasteiger partial charge >= 0.3 is 0 Å². The van der Waals surface area contributed by atoms with Crippen LogP contribution in [0.25, 0.3) is 11.0 Å². The molecule has 0 aliphatic carbocycles. The minimum atomic E-state index is 0.154. The van der Waals surface area contributed by atoms with Crippen LogP contribution in [0.15, 0.2) is 12.1 Å². The molecule has 8 heteroatoms. The van der Waals surface area contributed by atoms with E-state index in [2.05, 4.69) is 29.7 Å². The Morgan fingerprint density at radius 1 is 0.963 bits per heavy atom. The Kier molecular flexibility index (Phi) is 5.01. The summed E-state index contributed by atoms with van der Waals surface area (Å²) < 4.78 is 11.4. The van der Waals surface area contributed by atoms with Crippen molar-refractivity contribution in [3.8, 4) is 0 Å². The number of aromatic nitrogens is 3. The van der Waals surface area contributed by atoms with Crippen LogP contribution in [0.4, 0.5) is 17.6 Å². The van der Waals surface area contributed by atoms with Gasteiger partial charge in [0, 0.05) is 40.3 Å². The normalized spacial score (nSPS) is 23.7. The minimum absolute atomic E-state index is 0.154. The summed E-state index contributed by atoms with van der Waals surface area (Å²) in [5.41, 5.74) is 0.736. The maximum Gasteiger partial charge on any atom is 0.229 e. The van der Waals surface area contributed by atoms with Gasteiger partial charge in [-0.15, -0.1) is 0 Å². The van der Waals surface area contributed by atoms with Crippen LogP contribution < -0.4 is 14.7 Å². The van der Waals surface area contributed by atoms with Crippen LogP contribution in [-0.4, -0.2) is 80.6 Å². The van der Waals surface area contributed by atoms with Gasteiger partial charge in [0.1, 0.15) is 11.6 Å².